The molecule has 0 amide bonds. The van der Waals surface area contributed by atoms with Crippen molar-refractivity contribution in [1.82, 2.24) is 0 Å². The molecule has 0 N–H and O–H groups in total. The number of allylic oxidation sites excluding steroid dienone is 2. The van der Waals surface area contributed by atoms with E-state index in [2.05, 4.69) is 192 Å². The van der Waals surface area contributed by atoms with Crippen LogP contribution in [0.1, 0.15) is 55.8 Å². The summed E-state index contributed by atoms with van der Waals surface area (Å²) in [6, 6.07) is 51.7. The summed E-state index contributed by atoms with van der Waals surface area (Å²) >= 11 is -5.04. The van der Waals surface area contributed by atoms with Crippen LogP contribution in [0.3, 0.4) is 0 Å². The summed E-state index contributed by atoms with van der Waals surface area (Å²) < 4.78 is 0.00887. The summed E-state index contributed by atoms with van der Waals surface area (Å²) in [4.78, 5) is 0. The zero-order valence-electron chi connectivity index (χ0n) is 32.5. The van der Waals surface area contributed by atoms with Gasteiger partial charge in [0.15, 0.2) is 0 Å². The Morgan fingerprint density at radius 3 is 1.75 bits per heavy atom. The van der Waals surface area contributed by atoms with Crippen LogP contribution in [0.4, 0.5) is 0 Å². The van der Waals surface area contributed by atoms with E-state index in [-0.39, 0.29) is 7.25 Å². The van der Waals surface area contributed by atoms with Gasteiger partial charge in [-0.2, -0.15) is 0 Å². The predicted octanol–water partition coefficient (Wildman–Crippen LogP) is 15.5. The van der Waals surface area contributed by atoms with Gasteiger partial charge in [-0.25, -0.2) is 0 Å². The van der Waals surface area contributed by atoms with Gasteiger partial charge in [-0.15, -0.1) is 0 Å². The van der Waals surface area contributed by atoms with E-state index in [9.17, 15) is 0 Å². The zero-order chi connectivity index (χ0) is 38.2. The predicted molar refractivity (Wildman–Crippen MR) is 241 cm³/mol. The molecular weight excluding hydrogens is 803 g/mol. The third-order valence-corrected chi connectivity index (χ3v) is 64.8. The van der Waals surface area contributed by atoms with Crippen LogP contribution in [0.2, 0.25) is 13.1 Å². The van der Waals surface area contributed by atoms with Gasteiger partial charge in [0.25, 0.3) is 0 Å². The summed E-state index contributed by atoms with van der Waals surface area (Å²) in [6.07, 6.45) is 4.94. The van der Waals surface area contributed by atoms with E-state index < -0.39 is 21.5 Å². The summed E-state index contributed by atoms with van der Waals surface area (Å²) in [5.74, 6) is -1.45. The molecule has 9 rings (SSSR count). The normalized spacial score (nSPS) is 17.3. The molecule has 0 radical (unpaired) electrons. The molecular formula is C51H47Cl2SiZr. The average Bonchev–Trinajstić information content (AvgIpc) is 3.77. The minimum absolute atomic E-state index is 0.0174. The van der Waals surface area contributed by atoms with E-state index in [0.717, 1.165) is 0 Å². The molecule has 0 bridgehead atoms. The molecule has 7 aromatic rings. The average molecular weight is 850 g/mol. The second-order valence-electron chi connectivity index (χ2n) is 16.7. The number of fused-ring (bicyclic) bond motifs is 4. The third kappa shape index (κ3) is 5.77. The first-order valence-electron chi connectivity index (χ1n) is 19.8. The van der Waals surface area contributed by atoms with Gasteiger partial charge in [0.1, 0.15) is 0 Å². The molecule has 273 valence electrons. The van der Waals surface area contributed by atoms with E-state index in [4.69, 9.17) is 17.0 Å². The molecule has 7 aromatic carbocycles. The van der Waals surface area contributed by atoms with Gasteiger partial charge in [0.2, 0.25) is 0 Å². The van der Waals surface area contributed by atoms with Gasteiger partial charge < -0.3 is 0 Å². The van der Waals surface area contributed by atoms with Crippen LogP contribution in [-0.2, 0) is 15.6 Å². The monoisotopic (exact) mass is 847 g/mol. The van der Waals surface area contributed by atoms with Gasteiger partial charge in [-0.3, -0.25) is 0 Å². The molecule has 0 nitrogen and oxygen atoms in total. The quantitative estimate of drug-likeness (QED) is 0.140. The van der Waals surface area contributed by atoms with Crippen LogP contribution in [0.5, 0.6) is 0 Å². The summed E-state index contributed by atoms with van der Waals surface area (Å²) in [6.45, 7) is 14.1. The first-order chi connectivity index (χ1) is 26.4. The van der Waals surface area contributed by atoms with Crippen molar-refractivity contribution in [2.75, 3.05) is 0 Å². The Kier molecular flexibility index (Phi) is 9.18. The second-order valence-corrected chi connectivity index (χ2v) is 59.2. The number of aryl methyl sites for hydroxylation is 1. The number of rotatable bonds is 7. The second kappa shape index (κ2) is 13.7. The van der Waals surface area contributed by atoms with Gasteiger partial charge in [-0.1, -0.05) is 0 Å². The summed E-state index contributed by atoms with van der Waals surface area (Å²) in [5, 5.41) is 5.00. The molecule has 0 fully saturated rings. The van der Waals surface area contributed by atoms with Crippen molar-refractivity contribution in [1.29, 1.82) is 0 Å². The Hall–Kier alpha value is -3.78. The fourth-order valence-corrected chi connectivity index (χ4v) is 42.2. The van der Waals surface area contributed by atoms with E-state index in [1.807, 2.05) is 0 Å². The molecule has 0 heterocycles. The van der Waals surface area contributed by atoms with Crippen LogP contribution < -0.4 is 0 Å². The van der Waals surface area contributed by atoms with Gasteiger partial charge >= 0.3 is 338 Å². The first kappa shape index (κ1) is 36.8. The minimum atomic E-state index is -5.04. The van der Waals surface area contributed by atoms with Crippen molar-refractivity contribution >= 4 is 56.6 Å². The molecule has 2 unspecified atom stereocenters. The molecule has 2 atom stereocenters. The Morgan fingerprint density at radius 2 is 1.09 bits per heavy atom. The standard InChI is InChI=1S/C30H21.C19H19.C2H7Si.2ClH.Zr/c1-20-16-23-18-24(27-14-6-10-21-8-2-4-12-25(21)27)19-30(29(23)17-20)28-15-7-11-22-9-3-5-13-26(22)28;1-13(2)17-11-16-5-4-6-18(19(16)12-17)15-9-7-14(3)8-10-15;1-3-2;;;/h2-19H,1H3;4-13H,1-3H3;3H,1-2H3;2*1H;/q;;;;;+2/p-2. The molecule has 2 aliphatic carbocycles. The van der Waals surface area contributed by atoms with E-state index in [1.54, 1.807) is 0 Å². The number of halogens is 2. The Labute approximate surface area is 335 Å². The SMILES string of the molecule is CC1=Cc2c(-c3cccc4ccccc34)cc(-c3cccc4ccccc34)cc2[CH]1[Zr]([Cl])([Cl])([CH]1C(C(C)C)=Cc2c(-c3ccc(C)cc3)cccc21)[SiH](C)C. The molecule has 2 aliphatic rings. The van der Waals surface area contributed by atoms with E-state index >= 15 is 0 Å². The Morgan fingerprint density at radius 1 is 0.527 bits per heavy atom. The molecule has 0 aromatic heterocycles. The van der Waals surface area contributed by atoms with Crippen molar-refractivity contribution in [3.8, 4) is 33.4 Å². The van der Waals surface area contributed by atoms with E-state index in [1.165, 1.54) is 93.9 Å². The topological polar surface area (TPSA) is 0 Å². The Bertz CT molecular complexity index is 2730. The number of hydrogen-bond donors (Lipinski definition) is 0. The maximum atomic E-state index is 8.89. The molecule has 0 aliphatic heterocycles. The van der Waals surface area contributed by atoms with Crippen molar-refractivity contribution in [2.45, 2.75) is 48.0 Å². The van der Waals surface area contributed by atoms with Crippen LogP contribution in [0, 0.1) is 12.8 Å². The number of hydrogen-bond acceptors (Lipinski definition) is 0. The summed E-state index contributed by atoms with van der Waals surface area (Å²) in [7, 11) is 17.8. The van der Waals surface area contributed by atoms with Crippen molar-refractivity contribution in [3.05, 3.63) is 178 Å². The molecule has 0 saturated heterocycles. The van der Waals surface area contributed by atoms with Crippen LogP contribution in [0.15, 0.2) is 151 Å². The third-order valence-electron chi connectivity index (χ3n) is 12.9. The summed E-state index contributed by atoms with van der Waals surface area (Å²) in [5.41, 5.74) is 16.7. The maximum absolute atomic E-state index is 8.89. The van der Waals surface area contributed by atoms with Crippen LogP contribution >= 0.6 is 17.0 Å². The number of benzene rings is 7. The first-order valence-corrected chi connectivity index (χ1v) is 36.1. The van der Waals surface area contributed by atoms with Crippen molar-refractivity contribution in [3.63, 3.8) is 0 Å². The molecule has 0 saturated carbocycles. The fourth-order valence-electron chi connectivity index (χ4n) is 10.0. The van der Waals surface area contributed by atoms with Crippen molar-refractivity contribution < 1.29 is 15.6 Å². The molecule has 4 heteroatoms. The van der Waals surface area contributed by atoms with Gasteiger partial charge in [0, 0.05) is 0 Å². The zero-order valence-corrected chi connectivity index (χ0v) is 37.6. The fraction of sp³-hybridized carbons (Fsp3) is 0.176. The Balaban J connectivity index is 1.33. The van der Waals surface area contributed by atoms with Crippen LogP contribution in [-0.4, -0.2) is 5.92 Å². The van der Waals surface area contributed by atoms with Gasteiger partial charge in [-0.05, 0) is 0 Å². The molecule has 55 heavy (non-hydrogen) atoms. The van der Waals surface area contributed by atoms with E-state index in [0.29, 0.717) is 5.92 Å². The van der Waals surface area contributed by atoms with Crippen molar-refractivity contribution in [2.24, 2.45) is 5.92 Å². The van der Waals surface area contributed by atoms with Gasteiger partial charge in [0.05, 0.1) is 0 Å². The molecule has 0 spiro atoms. The van der Waals surface area contributed by atoms with Crippen LogP contribution in [0.25, 0.3) is 67.1 Å².